The fraction of sp³-hybridized carbons (Fsp3) is 0.333. The SMILES string of the molecule is COC1=NN(NC(=O)O)NC(C)=C1. The zero-order valence-corrected chi connectivity index (χ0v) is 7.24. The predicted molar refractivity (Wildman–Crippen MR) is 44.3 cm³/mol. The van der Waals surface area contributed by atoms with E-state index in [0.29, 0.717) is 5.90 Å². The highest BCUT2D eigenvalue weighted by Crippen LogP contribution is 1.99. The lowest BCUT2D eigenvalue weighted by Gasteiger charge is -2.23. The standard InChI is InChI=1S/C6H10N4O3/c1-4-3-5(13-2)8-10(7-4)9-6(11)12/h3,7,9H,1-2H3,(H,11,12). The van der Waals surface area contributed by atoms with Crippen LogP contribution >= 0.6 is 0 Å². The van der Waals surface area contributed by atoms with Gasteiger partial charge in [-0.15, -0.1) is 5.23 Å². The molecule has 3 N–H and O–H groups in total. The molecular formula is C6H10N4O3. The Hall–Kier alpha value is -1.92. The summed E-state index contributed by atoms with van der Waals surface area (Å²) in [5.41, 5.74) is 5.38. The average Bonchev–Trinajstić information content (AvgIpc) is 2.01. The number of methoxy groups -OCH3 is 1. The van der Waals surface area contributed by atoms with Crippen LogP contribution in [0.4, 0.5) is 4.79 Å². The van der Waals surface area contributed by atoms with Crippen LogP contribution in [0, 0.1) is 0 Å². The molecule has 0 aromatic heterocycles. The van der Waals surface area contributed by atoms with Crippen LogP contribution in [0.2, 0.25) is 0 Å². The van der Waals surface area contributed by atoms with Gasteiger partial charge in [0.05, 0.1) is 7.11 Å². The summed E-state index contributed by atoms with van der Waals surface area (Å²) < 4.78 is 4.83. The summed E-state index contributed by atoms with van der Waals surface area (Å²) in [6.07, 6.45) is 0.432. The van der Waals surface area contributed by atoms with Gasteiger partial charge in [-0.05, 0) is 6.92 Å². The number of hydrogen-bond acceptors (Lipinski definition) is 5. The van der Waals surface area contributed by atoms with Crippen LogP contribution in [0.1, 0.15) is 6.92 Å². The van der Waals surface area contributed by atoms with Gasteiger partial charge in [0.15, 0.2) is 0 Å². The molecule has 7 nitrogen and oxygen atoms in total. The molecule has 1 aliphatic rings. The first kappa shape index (κ1) is 9.17. The van der Waals surface area contributed by atoms with Gasteiger partial charge in [-0.3, -0.25) is 5.43 Å². The topological polar surface area (TPSA) is 86.2 Å². The highest BCUT2D eigenvalue weighted by molar-refractivity contribution is 5.88. The Morgan fingerprint density at radius 3 is 3.08 bits per heavy atom. The van der Waals surface area contributed by atoms with Crippen molar-refractivity contribution in [2.75, 3.05) is 7.11 Å². The molecule has 1 amide bonds. The molecule has 0 atom stereocenters. The highest BCUT2D eigenvalue weighted by Gasteiger charge is 2.11. The molecule has 0 fully saturated rings. The lowest BCUT2D eigenvalue weighted by Crippen LogP contribution is -2.48. The van der Waals surface area contributed by atoms with Crippen LogP contribution in [0.5, 0.6) is 0 Å². The number of allylic oxidation sites excluding steroid dienone is 1. The molecule has 0 spiro atoms. The molecule has 0 radical (unpaired) electrons. The zero-order valence-electron chi connectivity index (χ0n) is 7.24. The first-order valence-corrected chi connectivity index (χ1v) is 3.49. The number of ether oxygens (including phenoxy) is 1. The predicted octanol–water partition coefficient (Wildman–Crippen LogP) is -0.147. The van der Waals surface area contributed by atoms with Crippen LogP contribution in [-0.2, 0) is 4.74 Å². The number of nitrogens with one attached hydrogen (secondary N) is 2. The number of hydrogen-bond donors (Lipinski definition) is 3. The first-order valence-electron chi connectivity index (χ1n) is 3.49. The van der Waals surface area contributed by atoms with Gasteiger partial charge in [-0.25, -0.2) is 4.79 Å². The maximum absolute atomic E-state index is 10.2. The molecular weight excluding hydrogens is 176 g/mol. The molecule has 0 saturated heterocycles. The van der Waals surface area contributed by atoms with Crippen LogP contribution < -0.4 is 10.9 Å². The summed E-state index contributed by atoms with van der Waals surface area (Å²) >= 11 is 0. The smallest absolute Gasteiger partial charge is 0.426 e. The third kappa shape index (κ3) is 2.55. The van der Waals surface area contributed by atoms with E-state index < -0.39 is 6.09 Å². The fourth-order valence-corrected chi connectivity index (χ4v) is 0.780. The first-order chi connectivity index (χ1) is 6.11. The van der Waals surface area contributed by atoms with Crippen molar-refractivity contribution in [2.45, 2.75) is 6.92 Å². The lowest BCUT2D eigenvalue weighted by atomic mass is 10.4. The van der Waals surface area contributed by atoms with Gasteiger partial charge >= 0.3 is 6.09 Å². The molecule has 0 bridgehead atoms. The monoisotopic (exact) mass is 186 g/mol. The fourth-order valence-electron chi connectivity index (χ4n) is 0.780. The van der Waals surface area contributed by atoms with Crippen molar-refractivity contribution >= 4 is 12.0 Å². The van der Waals surface area contributed by atoms with Gasteiger partial charge in [-0.2, -0.15) is 5.43 Å². The molecule has 72 valence electrons. The maximum atomic E-state index is 10.2. The number of amides is 1. The highest BCUT2D eigenvalue weighted by atomic mass is 16.5. The summed E-state index contributed by atoms with van der Waals surface area (Å²) in [5.74, 6) is 0.324. The number of hydrazine groups is 2. The molecule has 1 heterocycles. The van der Waals surface area contributed by atoms with E-state index in [9.17, 15) is 4.79 Å². The van der Waals surface area contributed by atoms with Crippen molar-refractivity contribution in [1.82, 2.24) is 16.1 Å². The summed E-state index contributed by atoms with van der Waals surface area (Å²) in [4.78, 5) is 10.2. The number of nitrogens with zero attached hydrogens (tertiary/aromatic N) is 2. The van der Waals surface area contributed by atoms with Crippen LogP contribution in [0.15, 0.2) is 16.9 Å². The Labute approximate surface area is 74.6 Å². The van der Waals surface area contributed by atoms with E-state index in [1.165, 1.54) is 7.11 Å². The summed E-state index contributed by atoms with van der Waals surface area (Å²) in [6, 6.07) is 0. The van der Waals surface area contributed by atoms with Gasteiger partial charge in [0.1, 0.15) is 0 Å². The number of carbonyl (C=O) groups is 1. The Balaban J connectivity index is 2.66. The molecule has 0 aromatic carbocycles. The van der Waals surface area contributed by atoms with Crippen molar-refractivity contribution in [1.29, 1.82) is 0 Å². The second-order valence-electron chi connectivity index (χ2n) is 2.31. The van der Waals surface area contributed by atoms with Gasteiger partial charge in [0.2, 0.25) is 5.90 Å². The van der Waals surface area contributed by atoms with E-state index in [4.69, 9.17) is 9.84 Å². The molecule has 0 aliphatic carbocycles. The van der Waals surface area contributed by atoms with Crippen molar-refractivity contribution < 1.29 is 14.6 Å². The molecule has 7 heteroatoms. The average molecular weight is 186 g/mol. The number of hydrazone groups is 1. The van der Waals surface area contributed by atoms with Crippen LogP contribution in [0.25, 0.3) is 0 Å². The summed E-state index contributed by atoms with van der Waals surface area (Å²) in [6.45, 7) is 1.75. The Kier molecular flexibility index (Phi) is 2.58. The van der Waals surface area contributed by atoms with Crippen molar-refractivity contribution in [2.24, 2.45) is 5.10 Å². The van der Waals surface area contributed by atoms with Gasteiger partial charge in [0.25, 0.3) is 0 Å². The van der Waals surface area contributed by atoms with Gasteiger partial charge in [0, 0.05) is 11.8 Å². The second-order valence-corrected chi connectivity index (χ2v) is 2.31. The minimum absolute atomic E-state index is 0.324. The van der Waals surface area contributed by atoms with Crippen LogP contribution in [0.3, 0.4) is 0 Å². The third-order valence-corrected chi connectivity index (χ3v) is 1.23. The molecule has 0 aromatic rings. The molecule has 0 saturated carbocycles. The van der Waals surface area contributed by atoms with Crippen molar-refractivity contribution in [3.63, 3.8) is 0 Å². The molecule has 1 rings (SSSR count). The van der Waals surface area contributed by atoms with E-state index in [0.717, 1.165) is 10.9 Å². The quantitative estimate of drug-likeness (QED) is 0.530. The Morgan fingerprint density at radius 1 is 1.85 bits per heavy atom. The van der Waals surface area contributed by atoms with Gasteiger partial charge in [-0.1, -0.05) is 5.10 Å². The molecule has 1 aliphatic heterocycles. The van der Waals surface area contributed by atoms with Gasteiger partial charge < -0.3 is 9.84 Å². The van der Waals surface area contributed by atoms with E-state index in [2.05, 4.69) is 10.5 Å². The second kappa shape index (κ2) is 3.65. The molecule has 0 unspecified atom stereocenters. The van der Waals surface area contributed by atoms with E-state index in [-0.39, 0.29) is 0 Å². The Morgan fingerprint density at radius 2 is 2.54 bits per heavy atom. The number of carboxylic acid groups (broad SMARTS) is 1. The normalized spacial score (nSPS) is 15.4. The zero-order chi connectivity index (χ0) is 9.84. The van der Waals surface area contributed by atoms with E-state index >= 15 is 0 Å². The van der Waals surface area contributed by atoms with E-state index in [1.807, 2.05) is 5.43 Å². The summed E-state index contributed by atoms with van der Waals surface area (Å²) in [7, 11) is 1.45. The maximum Gasteiger partial charge on any atom is 0.426 e. The van der Waals surface area contributed by atoms with Crippen molar-refractivity contribution in [3.8, 4) is 0 Å². The third-order valence-electron chi connectivity index (χ3n) is 1.23. The largest absolute Gasteiger partial charge is 0.480 e. The van der Waals surface area contributed by atoms with Crippen LogP contribution in [-0.4, -0.2) is 29.4 Å². The minimum Gasteiger partial charge on any atom is -0.480 e. The van der Waals surface area contributed by atoms with Crippen molar-refractivity contribution in [3.05, 3.63) is 11.8 Å². The number of rotatable bonds is 1. The Bertz CT molecular complexity index is 271. The van der Waals surface area contributed by atoms with E-state index in [1.54, 1.807) is 13.0 Å². The summed E-state index contributed by atoms with van der Waals surface area (Å²) in [5, 5.41) is 13.1. The lowest BCUT2D eigenvalue weighted by molar-refractivity contribution is 0.109. The molecule has 13 heavy (non-hydrogen) atoms. The minimum atomic E-state index is -1.21.